The molecule has 3 heterocycles. The highest BCUT2D eigenvalue weighted by Gasteiger charge is 2.41. The molecular formula is C16H20N4O3S. The third kappa shape index (κ3) is 2.91. The van der Waals surface area contributed by atoms with Gasteiger partial charge >= 0.3 is 0 Å². The maximum atomic E-state index is 12.4. The summed E-state index contributed by atoms with van der Waals surface area (Å²) in [5.41, 5.74) is 0.423. The van der Waals surface area contributed by atoms with Gasteiger partial charge in [0.05, 0.1) is 5.25 Å². The van der Waals surface area contributed by atoms with E-state index in [-0.39, 0.29) is 16.9 Å². The minimum Gasteiger partial charge on any atom is -0.366 e. The van der Waals surface area contributed by atoms with E-state index in [2.05, 4.69) is 10.3 Å². The Morgan fingerprint density at radius 2 is 2.04 bits per heavy atom. The number of anilines is 1. The van der Waals surface area contributed by atoms with E-state index in [0.29, 0.717) is 24.6 Å². The average Bonchev–Trinajstić information content (AvgIpc) is 3.41. The number of piperidine rings is 1. The molecule has 0 bridgehead atoms. The predicted octanol–water partition coefficient (Wildman–Crippen LogP) is 1.06. The molecule has 2 fully saturated rings. The van der Waals surface area contributed by atoms with Crippen LogP contribution in [0.3, 0.4) is 0 Å². The summed E-state index contributed by atoms with van der Waals surface area (Å²) in [7, 11) is -3.15. The molecule has 1 saturated carbocycles. The zero-order valence-corrected chi connectivity index (χ0v) is 14.1. The lowest BCUT2D eigenvalue weighted by molar-refractivity contribution is 0.326. The van der Waals surface area contributed by atoms with E-state index in [1.54, 1.807) is 22.6 Å². The first-order chi connectivity index (χ1) is 11.5. The van der Waals surface area contributed by atoms with Crippen molar-refractivity contribution < 1.29 is 8.42 Å². The van der Waals surface area contributed by atoms with Gasteiger partial charge in [-0.25, -0.2) is 13.4 Å². The topological polar surface area (TPSA) is 83.8 Å². The van der Waals surface area contributed by atoms with Crippen LogP contribution in [-0.2, 0) is 10.0 Å². The van der Waals surface area contributed by atoms with E-state index in [1.165, 1.54) is 10.5 Å². The smallest absolute Gasteiger partial charge is 0.259 e. The quantitative estimate of drug-likeness (QED) is 0.893. The van der Waals surface area contributed by atoms with Crippen LogP contribution in [0.5, 0.6) is 0 Å². The second-order valence-corrected chi connectivity index (χ2v) is 8.71. The van der Waals surface area contributed by atoms with Crippen molar-refractivity contribution >= 4 is 21.5 Å². The fourth-order valence-corrected chi connectivity index (χ4v) is 5.13. The molecule has 2 aromatic heterocycles. The summed E-state index contributed by atoms with van der Waals surface area (Å²) in [6, 6.07) is 6.82. The summed E-state index contributed by atoms with van der Waals surface area (Å²) >= 11 is 0. The van der Waals surface area contributed by atoms with E-state index >= 15 is 0 Å². The lowest BCUT2D eigenvalue weighted by Crippen LogP contribution is -2.46. The van der Waals surface area contributed by atoms with Crippen LogP contribution in [0, 0.1) is 0 Å². The van der Waals surface area contributed by atoms with Gasteiger partial charge in [0.15, 0.2) is 0 Å². The van der Waals surface area contributed by atoms with Crippen molar-refractivity contribution in [2.75, 3.05) is 18.4 Å². The summed E-state index contributed by atoms with van der Waals surface area (Å²) in [5.74, 6) is 0.502. The Hall–Kier alpha value is -1.93. The molecule has 1 aliphatic heterocycles. The van der Waals surface area contributed by atoms with Gasteiger partial charge in [0.1, 0.15) is 11.5 Å². The van der Waals surface area contributed by atoms with Crippen LogP contribution in [0.4, 0.5) is 5.82 Å². The number of rotatable bonds is 4. The van der Waals surface area contributed by atoms with E-state index < -0.39 is 10.0 Å². The minimum absolute atomic E-state index is 0.0228. The monoisotopic (exact) mass is 348 g/mol. The van der Waals surface area contributed by atoms with E-state index in [4.69, 9.17) is 0 Å². The first-order valence-electron chi connectivity index (χ1n) is 8.28. The number of pyridine rings is 1. The highest BCUT2D eigenvalue weighted by molar-refractivity contribution is 7.90. The van der Waals surface area contributed by atoms with Crippen molar-refractivity contribution in [3.63, 3.8) is 0 Å². The number of fused-ring (bicyclic) bond motifs is 1. The largest absolute Gasteiger partial charge is 0.366 e. The summed E-state index contributed by atoms with van der Waals surface area (Å²) in [6.07, 6.45) is 4.92. The van der Waals surface area contributed by atoms with Gasteiger partial charge in [-0.05, 0) is 37.8 Å². The Morgan fingerprint density at radius 1 is 1.21 bits per heavy atom. The van der Waals surface area contributed by atoms with Crippen LogP contribution < -0.4 is 10.9 Å². The van der Waals surface area contributed by atoms with Crippen LogP contribution in [-0.4, -0.2) is 46.5 Å². The second-order valence-electron chi connectivity index (χ2n) is 6.49. The zero-order chi connectivity index (χ0) is 16.7. The van der Waals surface area contributed by atoms with Crippen molar-refractivity contribution in [3.8, 4) is 0 Å². The molecule has 8 heteroatoms. The molecule has 1 N–H and O–H groups in total. The lowest BCUT2D eigenvalue weighted by Gasteiger charge is -2.32. The number of aromatic nitrogens is 2. The molecule has 0 amide bonds. The van der Waals surface area contributed by atoms with Gasteiger partial charge in [0.25, 0.3) is 5.56 Å². The first kappa shape index (κ1) is 15.6. The normalized spacial score (nSPS) is 22.6. The molecule has 2 aromatic rings. The number of nitrogens with zero attached hydrogens (tertiary/aromatic N) is 3. The van der Waals surface area contributed by atoms with Gasteiger partial charge in [-0.1, -0.05) is 6.07 Å². The molecule has 0 unspecified atom stereocenters. The van der Waals surface area contributed by atoms with Gasteiger partial charge in [-0.15, -0.1) is 0 Å². The number of sulfonamides is 1. The second kappa shape index (κ2) is 5.86. The number of hydrogen-bond donors (Lipinski definition) is 1. The summed E-state index contributed by atoms with van der Waals surface area (Å²) in [5, 5.41) is 3.06. The SMILES string of the molecule is O=c1cc(N[C@@H]2CCCN(S(=O)(=O)C3CC3)C2)nc2ccccn12. The molecule has 7 nitrogen and oxygen atoms in total. The van der Waals surface area contributed by atoms with Crippen LogP contribution >= 0.6 is 0 Å². The first-order valence-corrected chi connectivity index (χ1v) is 9.78. The summed E-state index contributed by atoms with van der Waals surface area (Å²) in [6.45, 7) is 1.03. The fraction of sp³-hybridized carbons (Fsp3) is 0.500. The predicted molar refractivity (Wildman–Crippen MR) is 91.6 cm³/mol. The molecule has 1 saturated heterocycles. The third-order valence-electron chi connectivity index (χ3n) is 4.61. The van der Waals surface area contributed by atoms with Gasteiger partial charge in [-0.2, -0.15) is 4.31 Å². The number of nitrogens with one attached hydrogen (secondary N) is 1. The van der Waals surface area contributed by atoms with Crippen LogP contribution in [0.25, 0.3) is 5.65 Å². The van der Waals surface area contributed by atoms with Crippen molar-refractivity contribution in [3.05, 3.63) is 40.8 Å². The molecule has 24 heavy (non-hydrogen) atoms. The van der Waals surface area contributed by atoms with Crippen LogP contribution in [0.15, 0.2) is 35.3 Å². The molecule has 1 atom stereocenters. The van der Waals surface area contributed by atoms with Gasteiger partial charge < -0.3 is 5.32 Å². The fourth-order valence-electron chi connectivity index (χ4n) is 3.20. The highest BCUT2D eigenvalue weighted by Crippen LogP contribution is 2.32. The van der Waals surface area contributed by atoms with E-state index in [1.807, 2.05) is 6.07 Å². The Kier molecular flexibility index (Phi) is 3.80. The minimum atomic E-state index is -3.15. The molecule has 128 valence electrons. The Morgan fingerprint density at radius 3 is 2.83 bits per heavy atom. The third-order valence-corrected chi connectivity index (χ3v) is 6.98. The molecule has 0 radical (unpaired) electrons. The lowest BCUT2D eigenvalue weighted by atomic mass is 10.1. The summed E-state index contributed by atoms with van der Waals surface area (Å²) in [4.78, 5) is 16.6. The maximum Gasteiger partial charge on any atom is 0.259 e. The standard InChI is InChI=1S/C16H20N4O3S/c21-16-10-14(18-15-5-1-2-9-20(15)16)17-12-4-3-8-19(11-12)24(22,23)13-6-7-13/h1-2,5,9-10,12-13,17H,3-4,6-8,11H2/t12-/m1/s1. The van der Waals surface area contributed by atoms with Gasteiger partial charge in [0, 0.05) is 31.4 Å². The van der Waals surface area contributed by atoms with Crippen molar-refractivity contribution in [2.24, 2.45) is 0 Å². The maximum absolute atomic E-state index is 12.4. The van der Waals surface area contributed by atoms with E-state index in [9.17, 15) is 13.2 Å². The molecule has 0 aromatic carbocycles. The highest BCUT2D eigenvalue weighted by atomic mass is 32.2. The molecular weight excluding hydrogens is 328 g/mol. The molecule has 2 aliphatic rings. The average molecular weight is 348 g/mol. The molecule has 1 aliphatic carbocycles. The van der Waals surface area contributed by atoms with Gasteiger partial charge in [0.2, 0.25) is 10.0 Å². The van der Waals surface area contributed by atoms with E-state index in [0.717, 1.165) is 25.7 Å². The Labute approximate surface area is 140 Å². The molecule has 0 spiro atoms. The van der Waals surface area contributed by atoms with Crippen molar-refractivity contribution in [1.82, 2.24) is 13.7 Å². The Bertz CT molecular complexity index is 920. The zero-order valence-electron chi connectivity index (χ0n) is 13.3. The Balaban J connectivity index is 1.53. The molecule has 4 rings (SSSR count). The van der Waals surface area contributed by atoms with Crippen molar-refractivity contribution in [2.45, 2.75) is 37.0 Å². The van der Waals surface area contributed by atoms with Crippen molar-refractivity contribution in [1.29, 1.82) is 0 Å². The summed E-state index contributed by atoms with van der Waals surface area (Å²) < 4.78 is 27.9. The van der Waals surface area contributed by atoms with Gasteiger partial charge in [-0.3, -0.25) is 9.20 Å². The number of hydrogen-bond acceptors (Lipinski definition) is 5. The van der Waals surface area contributed by atoms with Crippen LogP contribution in [0.1, 0.15) is 25.7 Å². The van der Waals surface area contributed by atoms with Crippen LogP contribution in [0.2, 0.25) is 0 Å².